The maximum atomic E-state index is 12.1. The Morgan fingerprint density at radius 1 is 1.14 bits per heavy atom. The number of nitrogens with zero attached hydrogens (tertiary/aromatic N) is 1. The van der Waals surface area contributed by atoms with Crippen molar-refractivity contribution in [1.82, 2.24) is 5.32 Å². The Bertz CT molecular complexity index is 749. The summed E-state index contributed by atoms with van der Waals surface area (Å²) in [6.07, 6.45) is 9.06. The minimum Gasteiger partial charge on any atom is -0.445 e. The summed E-state index contributed by atoms with van der Waals surface area (Å²) in [4.78, 5) is 28.1. The number of rotatable bonds is 5. The van der Waals surface area contributed by atoms with Crippen molar-refractivity contribution in [2.24, 2.45) is 22.7 Å². The highest BCUT2D eigenvalue weighted by molar-refractivity contribution is 6.02. The molecule has 0 atom stereocenters. The molecule has 4 aliphatic rings. The van der Waals surface area contributed by atoms with Gasteiger partial charge in [0, 0.05) is 11.3 Å². The van der Waals surface area contributed by atoms with Crippen LogP contribution < -0.4 is 10.6 Å². The minimum absolute atomic E-state index is 0.0917. The van der Waals surface area contributed by atoms with Gasteiger partial charge in [-0.25, -0.2) is 9.79 Å². The molecule has 6 heteroatoms. The van der Waals surface area contributed by atoms with E-state index in [1.54, 1.807) is 24.3 Å². The Morgan fingerprint density at radius 3 is 2.29 bits per heavy atom. The predicted molar refractivity (Wildman–Crippen MR) is 108 cm³/mol. The van der Waals surface area contributed by atoms with Gasteiger partial charge in [-0.3, -0.25) is 10.1 Å². The second kappa shape index (κ2) is 7.78. The van der Waals surface area contributed by atoms with Crippen molar-refractivity contribution in [2.45, 2.75) is 44.1 Å². The zero-order valence-electron chi connectivity index (χ0n) is 16.0. The fourth-order valence-corrected chi connectivity index (χ4v) is 5.58. The van der Waals surface area contributed by atoms with Crippen molar-refractivity contribution in [3.63, 3.8) is 0 Å². The number of benzene rings is 1. The van der Waals surface area contributed by atoms with Crippen LogP contribution in [0, 0.1) is 17.8 Å². The Balaban J connectivity index is 1.56. The molecule has 28 heavy (non-hydrogen) atoms. The van der Waals surface area contributed by atoms with Gasteiger partial charge in [-0.05, 0) is 80.5 Å². The number of guanidine groups is 1. The third kappa shape index (κ3) is 4.11. The van der Waals surface area contributed by atoms with Crippen LogP contribution in [-0.2, 0) is 4.74 Å². The smallest absolute Gasteiger partial charge is 0.414 e. The average molecular weight is 381 g/mol. The molecule has 5 rings (SSSR count). The standard InChI is InChI=1S/C22H27N3O3/c1-2-7-28-21(27)24-20(23-19-5-3-15(14-26)4-6-19)25-22-11-16-8-17(12-22)10-18(9-16)13-22/h2-6,14,16-18H,1,7-13H2,(H2,23,24,25,27). The van der Waals surface area contributed by atoms with Gasteiger partial charge >= 0.3 is 6.09 Å². The second-order valence-electron chi connectivity index (χ2n) is 8.48. The topological polar surface area (TPSA) is 79.8 Å². The summed E-state index contributed by atoms with van der Waals surface area (Å²) in [5.41, 5.74) is 1.27. The second-order valence-corrected chi connectivity index (χ2v) is 8.48. The van der Waals surface area contributed by atoms with Gasteiger partial charge in [0.25, 0.3) is 0 Å². The van der Waals surface area contributed by atoms with Gasteiger partial charge in [-0.2, -0.15) is 0 Å². The lowest BCUT2D eigenvalue weighted by Crippen LogP contribution is -2.51. The molecule has 1 aromatic rings. The normalized spacial score (nSPS) is 30.6. The maximum absolute atomic E-state index is 12.1. The van der Waals surface area contributed by atoms with Gasteiger partial charge in [0.15, 0.2) is 0 Å². The molecule has 0 spiro atoms. The molecule has 0 heterocycles. The fraction of sp³-hybridized carbons (Fsp3) is 0.500. The van der Waals surface area contributed by atoms with Gasteiger partial charge in [0.05, 0.1) is 5.54 Å². The number of alkyl carbamates (subject to hydrolysis) is 1. The number of carbonyl (C=O) groups excluding carboxylic acids is 2. The third-order valence-electron chi connectivity index (χ3n) is 6.22. The molecule has 4 aliphatic carbocycles. The molecule has 4 fully saturated rings. The molecule has 0 saturated heterocycles. The number of anilines is 1. The van der Waals surface area contributed by atoms with Crippen LogP contribution in [0.5, 0.6) is 0 Å². The van der Waals surface area contributed by atoms with E-state index >= 15 is 0 Å². The molecular weight excluding hydrogens is 354 g/mol. The van der Waals surface area contributed by atoms with E-state index in [1.165, 1.54) is 25.3 Å². The van der Waals surface area contributed by atoms with E-state index in [2.05, 4.69) is 17.2 Å². The monoisotopic (exact) mass is 381 g/mol. The van der Waals surface area contributed by atoms with E-state index in [0.29, 0.717) is 11.5 Å². The van der Waals surface area contributed by atoms with Crippen LogP contribution in [0.15, 0.2) is 41.9 Å². The molecule has 0 aromatic heterocycles. The van der Waals surface area contributed by atoms with Crippen molar-refractivity contribution >= 4 is 24.0 Å². The van der Waals surface area contributed by atoms with E-state index in [1.807, 2.05) is 0 Å². The Labute approximate surface area is 165 Å². The van der Waals surface area contributed by atoms with Crippen LogP contribution in [0.25, 0.3) is 0 Å². The molecule has 1 aromatic carbocycles. The summed E-state index contributed by atoms with van der Waals surface area (Å²) in [7, 11) is 0. The highest BCUT2D eigenvalue weighted by Gasteiger charge is 2.51. The number of hydrogen-bond acceptors (Lipinski definition) is 4. The van der Waals surface area contributed by atoms with Crippen LogP contribution in [-0.4, -0.2) is 30.5 Å². The molecule has 148 valence electrons. The maximum Gasteiger partial charge on any atom is 0.414 e. The first-order valence-electron chi connectivity index (χ1n) is 10.0. The summed E-state index contributed by atoms with van der Waals surface area (Å²) in [6.45, 7) is 3.71. The molecule has 4 bridgehead atoms. The van der Waals surface area contributed by atoms with Crippen molar-refractivity contribution in [3.05, 3.63) is 42.5 Å². The molecule has 0 unspecified atom stereocenters. The third-order valence-corrected chi connectivity index (χ3v) is 6.22. The van der Waals surface area contributed by atoms with Crippen LogP contribution >= 0.6 is 0 Å². The van der Waals surface area contributed by atoms with Crippen molar-refractivity contribution in [1.29, 1.82) is 0 Å². The number of hydrogen-bond donors (Lipinski definition) is 2. The number of ether oxygens (including phenoxy) is 1. The summed E-state index contributed by atoms with van der Waals surface area (Å²) in [5, 5.41) is 5.97. The lowest BCUT2D eigenvalue weighted by molar-refractivity contribution is 0.00154. The molecule has 1 amide bonds. The highest BCUT2D eigenvalue weighted by atomic mass is 16.5. The van der Waals surface area contributed by atoms with Gasteiger partial charge in [-0.15, -0.1) is 0 Å². The Hall–Kier alpha value is -2.63. The zero-order chi connectivity index (χ0) is 19.6. The molecule has 0 aliphatic heterocycles. The van der Waals surface area contributed by atoms with Crippen LogP contribution in [0.3, 0.4) is 0 Å². The van der Waals surface area contributed by atoms with Crippen LogP contribution in [0.1, 0.15) is 48.9 Å². The minimum atomic E-state index is -0.555. The van der Waals surface area contributed by atoms with Crippen LogP contribution in [0.2, 0.25) is 0 Å². The first-order chi connectivity index (χ1) is 13.6. The summed E-state index contributed by atoms with van der Waals surface area (Å²) >= 11 is 0. The number of nitrogens with one attached hydrogen (secondary N) is 2. The lowest BCUT2D eigenvalue weighted by atomic mass is 9.53. The summed E-state index contributed by atoms with van der Waals surface area (Å²) < 4.78 is 5.08. The zero-order valence-corrected chi connectivity index (χ0v) is 16.0. The summed E-state index contributed by atoms with van der Waals surface area (Å²) in [5.74, 6) is 2.69. The lowest BCUT2D eigenvalue weighted by Gasteiger charge is -2.55. The Kier molecular flexibility index (Phi) is 5.20. The first-order valence-corrected chi connectivity index (χ1v) is 10.0. The SMILES string of the molecule is C=CCOC(=O)NC(=NC12CC3CC(CC(C3)C1)C2)Nc1ccc(C=O)cc1. The largest absolute Gasteiger partial charge is 0.445 e. The van der Waals surface area contributed by atoms with Crippen molar-refractivity contribution < 1.29 is 14.3 Å². The number of aliphatic imine (C=N–C) groups is 1. The fourth-order valence-electron chi connectivity index (χ4n) is 5.58. The number of aldehydes is 1. The molecule has 6 nitrogen and oxygen atoms in total. The van der Waals surface area contributed by atoms with E-state index < -0.39 is 6.09 Å². The average Bonchev–Trinajstić information content (AvgIpc) is 2.65. The van der Waals surface area contributed by atoms with Gasteiger partial charge < -0.3 is 10.1 Å². The van der Waals surface area contributed by atoms with E-state index in [4.69, 9.17) is 9.73 Å². The van der Waals surface area contributed by atoms with Gasteiger partial charge in [0.1, 0.15) is 12.9 Å². The highest BCUT2D eigenvalue weighted by Crippen LogP contribution is 2.57. The summed E-state index contributed by atoms with van der Waals surface area (Å²) in [6, 6.07) is 7.06. The quantitative estimate of drug-likeness (QED) is 0.348. The molecular formula is C22H27N3O3. The van der Waals surface area contributed by atoms with E-state index in [-0.39, 0.29) is 12.1 Å². The Morgan fingerprint density at radius 2 is 1.75 bits per heavy atom. The van der Waals surface area contributed by atoms with Gasteiger partial charge in [0.2, 0.25) is 5.96 Å². The number of carbonyl (C=O) groups is 2. The molecule has 2 N–H and O–H groups in total. The number of amides is 1. The van der Waals surface area contributed by atoms with Crippen molar-refractivity contribution in [3.8, 4) is 0 Å². The predicted octanol–water partition coefficient (Wildman–Crippen LogP) is 4.15. The van der Waals surface area contributed by atoms with Gasteiger partial charge in [-0.1, -0.05) is 12.7 Å². The van der Waals surface area contributed by atoms with Crippen LogP contribution in [0.4, 0.5) is 10.5 Å². The first kappa shape index (κ1) is 18.7. The van der Waals surface area contributed by atoms with E-state index in [9.17, 15) is 9.59 Å². The molecule has 4 saturated carbocycles. The molecule has 0 radical (unpaired) electrons. The van der Waals surface area contributed by atoms with Crippen molar-refractivity contribution in [2.75, 3.05) is 11.9 Å². The van der Waals surface area contributed by atoms with E-state index in [0.717, 1.165) is 49.0 Å².